The lowest BCUT2D eigenvalue weighted by Crippen LogP contribution is -2.52. The molecule has 1 saturated heterocycles. The molecule has 9 nitrogen and oxygen atoms in total. The maximum Gasteiger partial charge on any atom is 0.410 e. The highest BCUT2D eigenvalue weighted by atomic mass is 16.6. The zero-order valence-corrected chi connectivity index (χ0v) is 16.2. The van der Waals surface area contributed by atoms with Crippen LogP contribution in [0.1, 0.15) is 20.8 Å². The minimum Gasteiger partial charge on any atom is -0.444 e. The standard InChI is InChI=1S/C18H26N4O5/c1-18(2,3)27-17(24)21-11-9-20(10-12-21)13-16(23)19(4)14-5-7-15(8-6-14)22(25)26/h5-8H,9-13H2,1-4H3. The molecule has 0 atom stereocenters. The molecule has 1 aliphatic heterocycles. The van der Waals surface area contributed by atoms with E-state index in [1.807, 2.05) is 25.7 Å². The third kappa shape index (κ3) is 5.92. The maximum atomic E-state index is 12.5. The van der Waals surface area contributed by atoms with Crippen molar-refractivity contribution in [2.75, 3.05) is 44.7 Å². The first-order chi connectivity index (χ1) is 12.6. The number of hydrogen-bond acceptors (Lipinski definition) is 6. The number of hydrogen-bond donors (Lipinski definition) is 0. The summed E-state index contributed by atoms with van der Waals surface area (Å²) in [6, 6.07) is 5.85. The lowest BCUT2D eigenvalue weighted by atomic mass is 10.2. The van der Waals surface area contributed by atoms with Crippen LogP contribution in [0.15, 0.2) is 24.3 Å². The summed E-state index contributed by atoms with van der Waals surface area (Å²) in [6.07, 6.45) is -0.337. The lowest BCUT2D eigenvalue weighted by Gasteiger charge is -2.35. The van der Waals surface area contributed by atoms with Gasteiger partial charge in [-0.3, -0.25) is 19.8 Å². The van der Waals surface area contributed by atoms with E-state index in [2.05, 4.69) is 0 Å². The highest BCUT2D eigenvalue weighted by molar-refractivity contribution is 5.94. The van der Waals surface area contributed by atoms with E-state index in [9.17, 15) is 19.7 Å². The fourth-order valence-electron chi connectivity index (χ4n) is 2.65. The molecular formula is C18H26N4O5. The van der Waals surface area contributed by atoms with Crippen molar-refractivity contribution in [1.29, 1.82) is 0 Å². The summed E-state index contributed by atoms with van der Waals surface area (Å²) in [6.45, 7) is 7.87. The fraction of sp³-hybridized carbons (Fsp3) is 0.556. The molecule has 0 bridgehead atoms. The van der Waals surface area contributed by atoms with Crippen LogP contribution in [-0.4, -0.2) is 72.1 Å². The molecule has 148 valence electrons. The Morgan fingerprint density at radius 1 is 1.15 bits per heavy atom. The van der Waals surface area contributed by atoms with Crippen molar-refractivity contribution in [2.24, 2.45) is 0 Å². The van der Waals surface area contributed by atoms with Crippen molar-refractivity contribution in [2.45, 2.75) is 26.4 Å². The number of amides is 2. The number of likely N-dealkylation sites (N-methyl/N-ethyl adjacent to an activating group) is 1. The average molecular weight is 378 g/mol. The lowest BCUT2D eigenvalue weighted by molar-refractivity contribution is -0.384. The van der Waals surface area contributed by atoms with Gasteiger partial charge in [-0.25, -0.2) is 4.79 Å². The van der Waals surface area contributed by atoms with Crippen molar-refractivity contribution >= 4 is 23.4 Å². The Morgan fingerprint density at radius 3 is 2.19 bits per heavy atom. The molecule has 1 aliphatic rings. The summed E-state index contributed by atoms with van der Waals surface area (Å²) >= 11 is 0. The number of rotatable bonds is 4. The van der Waals surface area contributed by atoms with Gasteiger partial charge in [0.2, 0.25) is 5.91 Å². The van der Waals surface area contributed by atoms with Gasteiger partial charge in [-0.1, -0.05) is 0 Å². The van der Waals surface area contributed by atoms with Crippen LogP contribution in [0.5, 0.6) is 0 Å². The summed E-state index contributed by atoms with van der Waals surface area (Å²) in [5, 5.41) is 10.7. The average Bonchev–Trinajstić information content (AvgIpc) is 2.60. The number of benzene rings is 1. The number of anilines is 1. The van der Waals surface area contributed by atoms with Gasteiger partial charge in [-0.05, 0) is 32.9 Å². The second-order valence-electron chi connectivity index (χ2n) is 7.47. The van der Waals surface area contributed by atoms with Crippen molar-refractivity contribution in [3.8, 4) is 0 Å². The normalized spacial score (nSPS) is 15.3. The maximum absolute atomic E-state index is 12.5. The second-order valence-corrected chi connectivity index (χ2v) is 7.47. The molecule has 0 aromatic heterocycles. The van der Waals surface area contributed by atoms with Gasteiger partial charge in [0.05, 0.1) is 11.5 Å². The number of ether oxygens (including phenoxy) is 1. The summed E-state index contributed by atoms with van der Waals surface area (Å²) in [5.74, 6) is -0.116. The number of carbonyl (C=O) groups is 2. The van der Waals surface area contributed by atoms with E-state index in [1.165, 1.54) is 17.0 Å². The number of piperazine rings is 1. The Labute approximate surface area is 158 Å². The van der Waals surface area contributed by atoms with Gasteiger partial charge in [0, 0.05) is 51.0 Å². The van der Waals surface area contributed by atoms with E-state index in [0.717, 1.165) is 0 Å². The van der Waals surface area contributed by atoms with Gasteiger partial charge in [-0.2, -0.15) is 0 Å². The Hall–Kier alpha value is -2.68. The number of nitro groups is 1. The minimum atomic E-state index is -0.530. The van der Waals surface area contributed by atoms with Gasteiger partial charge in [0.15, 0.2) is 0 Å². The minimum absolute atomic E-state index is 0.0159. The molecule has 27 heavy (non-hydrogen) atoms. The van der Waals surface area contributed by atoms with E-state index >= 15 is 0 Å². The van der Waals surface area contributed by atoms with Crippen LogP contribution in [-0.2, 0) is 9.53 Å². The molecule has 1 aromatic carbocycles. The first kappa shape index (κ1) is 20.6. The van der Waals surface area contributed by atoms with Crippen molar-refractivity contribution < 1.29 is 19.2 Å². The van der Waals surface area contributed by atoms with Gasteiger partial charge >= 0.3 is 6.09 Å². The van der Waals surface area contributed by atoms with Gasteiger partial charge in [0.25, 0.3) is 5.69 Å². The fourth-order valence-corrected chi connectivity index (χ4v) is 2.65. The Bertz CT molecular complexity index is 691. The second kappa shape index (κ2) is 8.34. The Balaban J connectivity index is 1.84. The summed E-state index contributed by atoms with van der Waals surface area (Å²) < 4.78 is 5.36. The van der Waals surface area contributed by atoms with Gasteiger partial charge in [0.1, 0.15) is 5.60 Å². The number of non-ortho nitro benzene ring substituents is 1. The summed E-state index contributed by atoms with van der Waals surface area (Å²) in [7, 11) is 1.64. The van der Waals surface area contributed by atoms with Crippen molar-refractivity contribution in [1.82, 2.24) is 9.80 Å². The molecule has 0 spiro atoms. The zero-order valence-electron chi connectivity index (χ0n) is 16.2. The predicted molar refractivity (Wildman–Crippen MR) is 101 cm³/mol. The van der Waals surface area contributed by atoms with E-state index in [-0.39, 0.29) is 24.2 Å². The van der Waals surface area contributed by atoms with Crippen molar-refractivity contribution in [3.63, 3.8) is 0 Å². The molecule has 0 N–H and O–H groups in total. The van der Waals surface area contributed by atoms with E-state index < -0.39 is 10.5 Å². The molecule has 1 fully saturated rings. The van der Waals surface area contributed by atoms with Crippen LogP contribution in [0.4, 0.5) is 16.2 Å². The van der Waals surface area contributed by atoms with Gasteiger partial charge < -0.3 is 14.5 Å². The molecule has 0 aliphatic carbocycles. The highest BCUT2D eigenvalue weighted by Gasteiger charge is 2.27. The third-order valence-corrected chi connectivity index (χ3v) is 4.20. The molecule has 1 aromatic rings. The number of carbonyl (C=O) groups excluding carboxylic acids is 2. The van der Waals surface area contributed by atoms with E-state index in [1.54, 1.807) is 24.1 Å². The van der Waals surface area contributed by atoms with E-state index in [0.29, 0.717) is 31.9 Å². The highest BCUT2D eigenvalue weighted by Crippen LogP contribution is 2.19. The third-order valence-electron chi connectivity index (χ3n) is 4.20. The molecule has 1 heterocycles. The van der Waals surface area contributed by atoms with Crippen LogP contribution in [0.2, 0.25) is 0 Å². The summed E-state index contributed by atoms with van der Waals surface area (Å²) in [4.78, 5) is 39.9. The number of nitro benzene ring substituents is 1. The Morgan fingerprint density at radius 2 is 1.70 bits per heavy atom. The molecule has 0 saturated carbocycles. The predicted octanol–water partition coefficient (Wildman–Crippen LogP) is 2.11. The van der Waals surface area contributed by atoms with Crippen LogP contribution < -0.4 is 4.90 Å². The van der Waals surface area contributed by atoms with Crippen LogP contribution in [0, 0.1) is 10.1 Å². The zero-order chi connectivity index (χ0) is 20.2. The van der Waals surface area contributed by atoms with E-state index in [4.69, 9.17) is 4.74 Å². The topological polar surface area (TPSA) is 96.2 Å². The molecule has 0 unspecified atom stereocenters. The molecule has 2 rings (SSSR count). The Kier molecular flexibility index (Phi) is 6.37. The quantitative estimate of drug-likeness (QED) is 0.588. The number of nitrogens with zero attached hydrogens (tertiary/aromatic N) is 4. The molecule has 9 heteroatoms. The van der Waals surface area contributed by atoms with Crippen molar-refractivity contribution in [3.05, 3.63) is 34.4 Å². The SMILES string of the molecule is CN(C(=O)CN1CCN(C(=O)OC(C)(C)C)CC1)c1ccc([N+](=O)[O-])cc1. The molecule has 2 amide bonds. The molecular weight excluding hydrogens is 352 g/mol. The van der Waals surface area contributed by atoms with Crippen LogP contribution in [0.25, 0.3) is 0 Å². The summed E-state index contributed by atoms with van der Waals surface area (Å²) in [5.41, 5.74) is 0.0494. The first-order valence-corrected chi connectivity index (χ1v) is 8.78. The van der Waals surface area contributed by atoms with Crippen LogP contribution >= 0.6 is 0 Å². The first-order valence-electron chi connectivity index (χ1n) is 8.78. The molecule has 0 radical (unpaired) electrons. The van der Waals surface area contributed by atoms with Gasteiger partial charge in [-0.15, -0.1) is 0 Å². The smallest absolute Gasteiger partial charge is 0.410 e. The largest absolute Gasteiger partial charge is 0.444 e. The monoisotopic (exact) mass is 378 g/mol. The van der Waals surface area contributed by atoms with Crippen LogP contribution in [0.3, 0.4) is 0 Å².